The lowest BCUT2D eigenvalue weighted by atomic mass is 9.96. The summed E-state index contributed by atoms with van der Waals surface area (Å²) in [6.07, 6.45) is 1.09. The summed E-state index contributed by atoms with van der Waals surface area (Å²) < 4.78 is 0.947. The van der Waals surface area contributed by atoms with Crippen LogP contribution in [0.3, 0.4) is 0 Å². The number of piperidine rings is 1. The first kappa shape index (κ1) is 14.3. The predicted molar refractivity (Wildman–Crippen MR) is 80.2 cm³/mol. The second-order valence-corrected chi connectivity index (χ2v) is 6.00. The highest BCUT2D eigenvalue weighted by atomic mass is 127. The number of aryl methyl sites for hydroxylation is 1. The smallest absolute Gasteiger partial charge is 0.306 e. The summed E-state index contributed by atoms with van der Waals surface area (Å²) in [5.74, 6) is -1.04. The van der Waals surface area contributed by atoms with Crippen LogP contribution in [0.15, 0.2) is 18.2 Å². The number of hydrogen-bond donors (Lipinski definition) is 1. The van der Waals surface area contributed by atoms with Crippen LogP contribution < -0.4 is 0 Å². The minimum absolute atomic E-state index is 0.0198. The Bertz CT molecular complexity index is 487. The van der Waals surface area contributed by atoms with Crippen LogP contribution in [0.4, 0.5) is 0 Å². The summed E-state index contributed by atoms with van der Waals surface area (Å²) in [5.41, 5.74) is 1.72. The molecule has 2 rings (SSSR count). The van der Waals surface area contributed by atoms with Crippen molar-refractivity contribution >= 4 is 34.5 Å². The quantitative estimate of drug-likeness (QED) is 0.811. The lowest BCUT2D eigenvalue weighted by Gasteiger charge is -2.30. The van der Waals surface area contributed by atoms with E-state index in [1.807, 2.05) is 25.1 Å². The summed E-state index contributed by atoms with van der Waals surface area (Å²) in [5, 5.41) is 8.96. The van der Waals surface area contributed by atoms with Gasteiger partial charge in [-0.25, -0.2) is 0 Å². The van der Waals surface area contributed by atoms with Crippen LogP contribution in [-0.4, -0.2) is 35.0 Å². The molecule has 4 nitrogen and oxygen atoms in total. The van der Waals surface area contributed by atoms with Gasteiger partial charge in [-0.3, -0.25) is 9.59 Å². The molecule has 102 valence electrons. The fourth-order valence-corrected chi connectivity index (χ4v) is 3.25. The van der Waals surface area contributed by atoms with E-state index in [4.69, 9.17) is 5.11 Å². The summed E-state index contributed by atoms with van der Waals surface area (Å²) in [7, 11) is 0. The summed E-state index contributed by atoms with van der Waals surface area (Å²) in [4.78, 5) is 25.2. The topological polar surface area (TPSA) is 57.6 Å². The van der Waals surface area contributed by atoms with Gasteiger partial charge in [-0.1, -0.05) is 12.1 Å². The van der Waals surface area contributed by atoms with Crippen LogP contribution in [0.2, 0.25) is 0 Å². The van der Waals surface area contributed by atoms with Crippen LogP contribution >= 0.6 is 22.6 Å². The monoisotopic (exact) mass is 373 g/mol. The van der Waals surface area contributed by atoms with Gasteiger partial charge in [-0.15, -0.1) is 0 Å². The zero-order valence-electron chi connectivity index (χ0n) is 10.7. The Morgan fingerprint density at radius 3 is 2.47 bits per heavy atom. The number of rotatable bonds is 2. The van der Waals surface area contributed by atoms with Crippen molar-refractivity contribution in [1.82, 2.24) is 4.90 Å². The molecule has 5 heteroatoms. The Kier molecular flexibility index (Phi) is 4.44. The van der Waals surface area contributed by atoms with Gasteiger partial charge >= 0.3 is 5.97 Å². The van der Waals surface area contributed by atoms with E-state index in [1.165, 1.54) is 0 Å². The van der Waals surface area contributed by atoms with Crippen molar-refractivity contribution in [3.05, 3.63) is 32.9 Å². The molecule has 0 spiro atoms. The maximum atomic E-state index is 12.5. The van der Waals surface area contributed by atoms with E-state index in [0.29, 0.717) is 25.9 Å². The Morgan fingerprint density at radius 1 is 1.32 bits per heavy atom. The number of carbonyl (C=O) groups is 2. The number of halogens is 1. The molecule has 1 aromatic rings. The van der Waals surface area contributed by atoms with E-state index in [2.05, 4.69) is 22.6 Å². The van der Waals surface area contributed by atoms with Crippen molar-refractivity contribution in [3.8, 4) is 0 Å². The molecular formula is C14H16INO3. The highest BCUT2D eigenvalue weighted by Crippen LogP contribution is 2.23. The van der Waals surface area contributed by atoms with Gasteiger partial charge in [-0.05, 0) is 54.0 Å². The molecule has 1 aromatic carbocycles. The van der Waals surface area contributed by atoms with Crippen LogP contribution in [0, 0.1) is 16.4 Å². The summed E-state index contributed by atoms with van der Waals surface area (Å²) >= 11 is 2.17. The Hall–Kier alpha value is -1.11. The number of carboxylic acids is 1. The molecule has 0 saturated carbocycles. The number of hydrogen-bond acceptors (Lipinski definition) is 2. The molecule has 1 saturated heterocycles. The first-order chi connectivity index (χ1) is 9.00. The molecule has 1 aliphatic rings. The van der Waals surface area contributed by atoms with Crippen molar-refractivity contribution in [2.45, 2.75) is 19.8 Å². The third-order valence-corrected chi connectivity index (χ3v) is 4.47. The SMILES string of the molecule is Cc1cccc(I)c1C(=O)N1CCC(C(=O)O)CC1. The molecule has 0 aliphatic carbocycles. The fraction of sp³-hybridized carbons (Fsp3) is 0.429. The van der Waals surface area contributed by atoms with Crippen LogP contribution in [-0.2, 0) is 4.79 Å². The zero-order valence-corrected chi connectivity index (χ0v) is 12.9. The third kappa shape index (κ3) is 3.08. The molecule has 19 heavy (non-hydrogen) atoms. The molecule has 0 atom stereocenters. The first-order valence-corrected chi connectivity index (χ1v) is 7.35. The van der Waals surface area contributed by atoms with Gasteiger partial charge in [0.1, 0.15) is 0 Å². The molecule has 1 amide bonds. The molecule has 0 radical (unpaired) electrons. The predicted octanol–water partition coefficient (Wildman–Crippen LogP) is 2.54. The second kappa shape index (κ2) is 5.90. The van der Waals surface area contributed by atoms with E-state index in [-0.39, 0.29) is 11.8 Å². The number of amides is 1. The summed E-state index contributed by atoms with van der Waals surface area (Å²) in [6, 6.07) is 5.79. The van der Waals surface area contributed by atoms with Gasteiger partial charge in [-0.2, -0.15) is 0 Å². The van der Waals surface area contributed by atoms with Crippen molar-refractivity contribution in [2.24, 2.45) is 5.92 Å². The maximum Gasteiger partial charge on any atom is 0.306 e. The fourth-order valence-electron chi connectivity index (χ4n) is 2.39. The molecule has 0 unspecified atom stereocenters. The average Bonchev–Trinajstić information content (AvgIpc) is 2.38. The standard InChI is InChI=1S/C14H16INO3/c1-9-3-2-4-11(15)12(9)13(17)16-7-5-10(6-8-16)14(18)19/h2-4,10H,5-8H2,1H3,(H,18,19). The van der Waals surface area contributed by atoms with Crippen molar-refractivity contribution in [2.75, 3.05) is 13.1 Å². The van der Waals surface area contributed by atoms with Gasteiger partial charge < -0.3 is 10.0 Å². The number of carbonyl (C=O) groups excluding carboxylic acids is 1. The van der Waals surface area contributed by atoms with Crippen molar-refractivity contribution < 1.29 is 14.7 Å². The van der Waals surface area contributed by atoms with Crippen LogP contribution in [0.25, 0.3) is 0 Å². The maximum absolute atomic E-state index is 12.5. The second-order valence-electron chi connectivity index (χ2n) is 4.84. The number of benzene rings is 1. The van der Waals surface area contributed by atoms with Gasteiger partial charge in [0, 0.05) is 16.7 Å². The van der Waals surface area contributed by atoms with E-state index >= 15 is 0 Å². The molecule has 1 heterocycles. The third-order valence-electron chi connectivity index (χ3n) is 3.57. The zero-order chi connectivity index (χ0) is 14.0. The molecule has 1 N–H and O–H groups in total. The highest BCUT2D eigenvalue weighted by molar-refractivity contribution is 14.1. The van der Waals surface area contributed by atoms with Crippen molar-refractivity contribution in [1.29, 1.82) is 0 Å². The van der Waals surface area contributed by atoms with Gasteiger partial charge in [0.25, 0.3) is 5.91 Å². The Labute approximate surface area is 125 Å². The van der Waals surface area contributed by atoms with Gasteiger partial charge in [0.15, 0.2) is 0 Å². The van der Waals surface area contributed by atoms with E-state index in [1.54, 1.807) is 4.90 Å². The average molecular weight is 373 g/mol. The van der Waals surface area contributed by atoms with E-state index in [0.717, 1.165) is 14.7 Å². The van der Waals surface area contributed by atoms with Crippen LogP contribution in [0.1, 0.15) is 28.8 Å². The van der Waals surface area contributed by atoms with Gasteiger partial charge in [0.2, 0.25) is 0 Å². The van der Waals surface area contributed by atoms with E-state index in [9.17, 15) is 9.59 Å². The minimum Gasteiger partial charge on any atom is -0.481 e. The summed E-state index contributed by atoms with van der Waals surface area (Å²) in [6.45, 7) is 2.99. The lowest BCUT2D eigenvalue weighted by Crippen LogP contribution is -2.40. The molecule has 1 aliphatic heterocycles. The molecule has 1 fully saturated rings. The first-order valence-electron chi connectivity index (χ1n) is 6.28. The molecular weight excluding hydrogens is 357 g/mol. The van der Waals surface area contributed by atoms with Crippen molar-refractivity contribution in [3.63, 3.8) is 0 Å². The number of aliphatic carboxylic acids is 1. The Balaban J connectivity index is 2.12. The highest BCUT2D eigenvalue weighted by Gasteiger charge is 2.28. The van der Waals surface area contributed by atoms with Gasteiger partial charge in [0.05, 0.1) is 11.5 Å². The number of carboxylic acid groups (broad SMARTS) is 1. The minimum atomic E-state index is -0.752. The number of nitrogens with zero attached hydrogens (tertiary/aromatic N) is 1. The molecule has 0 bridgehead atoms. The normalized spacial score (nSPS) is 16.4. The Morgan fingerprint density at radius 2 is 1.95 bits per heavy atom. The largest absolute Gasteiger partial charge is 0.481 e. The number of likely N-dealkylation sites (tertiary alicyclic amines) is 1. The lowest BCUT2D eigenvalue weighted by molar-refractivity contribution is -0.143. The van der Waals surface area contributed by atoms with Crippen LogP contribution in [0.5, 0.6) is 0 Å². The van der Waals surface area contributed by atoms with E-state index < -0.39 is 5.97 Å². The molecule has 0 aromatic heterocycles.